The summed E-state index contributed by atoms with van der Waals surface area (Å²) >= 11 is 0. The number of alkyl halides is 1. The highest BCUT2D eigenvalue weighted by atomic mass is 19.1. The second kappa shape index (κ2) is 5.25. The minimum Gasteiger partial charge on any atom is -0.383 e. The van der Waals surface area contributed by atoms with Crippen molar-refractivity contribution in [2.24, 2.45) is 11.8 Å². The van der Waals surface area contributed by atoms with Crippen LogP contribution < -0.4 is 11.4 Å². The Hall–Kier alpha value is -1.87. The summed E-state index contributed by atoms with van der Waals surface area (Å²) in [5, 5.41) is 0. The zero-order chi connectivity index (χ0) is 14.9. The molecule has 0 bridgehead atoms. The molecule has 2 rings (SSSR count). The molecule has 0 spiro atoms. The smallest absolute Gasteiger partial charge is 0.351 e. The van der Waals surface area contributed by atoms with Crippen molar-refractivity contribution >= 4 is 5.82 Å². The van der Waals surface area contributed by atoms with Crippen molar-refractivity contribution in [2.75, 3.05) is 12.4 Å². The quantitative estimate of drug-likeness (QED) is 0.848. The lowest BCUT2D eigenvalue weighted by Gasteiger charge is -2.28. The molecule has 0 saturated carbocycles. The molecule has 1 aliphatic heterocycles. The highest BCUT2D eigenvalue weighted by Gasteiger charge is 2.52. The van der Waals surface area contributed by atoms with Gasteiger partial charge in [-0.1, -0.05) is 19.8 Å². The Bertz CT molecular complexity index is 589. The molecule has 1 aliphatic rings. The molecule has 20 heavy (non-hydrogen) atoms. The largest absolute Gasteiger partial charge is 0.383 e. The fraction of sp³-hybridized carbons (Fsp3) is 0.571. The van der Waals surface area contributed by atoms with Gasteiger partial charge in [0.25, 0.3) is 0 Å². The van der Waals surface area contributed by atoms with E-state index >= 15 is 0 Å². The lowest BCUT2D eigenvalue weighted by Crippen LogP contribution is -2.37. The summed E-state index contributed by atoms with van der Waals surface area (Å²) in [4.78, 5) is 15.6. The second-order valence-electron chi connectivity index (χ2n) is 5.08. The van der Waals surface area contributed by atoms with E-state index in [1.54, 1.807) is 0 Å². The van der Waals surface area contributed by atoms with E-state index in [1.807, 2.05) is 13.8 Å². The number of nitrogen functional groups attached to an aromatic ring is 1. The molecule has 0 aliphatic carbocycles. The van der Waals surface area contributed by atoms with E-state index in [2.05, 4.69) is 10.9 Å². The molecule has 1 aromatic heterocycles. The fourth-order valence-corrected chi connectivity index (χ4v) is 2.72. The van der Waals surface area contributed by atoms with Crippen LogP contribution >= 0.6 is 0 Å². The van der Waals surface area contributed by atoms with E-state index in [-0.39, 0.29) is 11.7 Å². The molecular weight excluding hydrogens is 261 g/mol. The van der Waals surface area contributed by atoms with Crippen LogP contribution in [0.3, 0.4) is 0 Å². The van der Waals surface area contributed by atoms with E-state index in [9.17, 15) is 9.18 Å². The molecule has 1 aromatic rings. The molecule has 2 heterocycles. The average Bonchev–Trinajstić information content (AvgIpc) is 2.71. The van der Waals surface area contributed by atoms with Crippen molar-refractivity contribution in [3.8, 4) is 12.3 Å². The summed E-state index contributed by atoms with van der Waals surface area (Å²) in [7, 11) is 0. The SMILES string of the molecule is C#C[C@@H]1[C@H](n2ccc(N)nc2=O)O[C@@](CC)(CF)[C@H]1C. The van der Waals surface area contributed by atoms with Gasteiger partial charge in [0, 0.05) is 12.1 Å². The van der Waals surface area contributed by atoms with Crippen molar-refractivity contribution in [1.29, 1.82) is 0 Å². The van der Waals surface area contributed by atoms with Gasteiger partial charge in [0.2, 0.25) is 0 Å². The first-order chi connectivity index (χ1) is 9.49. The normalized spacial score (nSPS) is 33.0. The molecule has 0 amide bonds. The van der Waals surface area contributed by atoms with Gasteiger partial charge in [0.05, 0.1) is 5.92 Å². The lowest BCUT2D eigenvalue weighted by molar-refractivity contribution is -0.0997. The van der Waals surface area contributed by atoms with Gasteiger partial charge in [0.15, 0.2) is 6.23 Å². The first kappa shape index (κ1) is 14.5. The van der Waals surface area contributed by atoms with Crippen LogP contribution in [-0.4, -0.2) is 21.8 Å². The van der Waals surface area contributed by atoms with E-state index in [4.69, 9.17) is 16.9 Å². The molecule has 2 N–H and O–H groups in total. The molecular formula is C14H18FN3O2. The van der Waals surface area contributed by atoms with Crippen molar-refractivity contribution in [1.82, 2.24) is 9.55 Å². The third kappa shape index (κ3) is 2.08. The summed E-state index contributed by atoms with van der Waals surface area (Å²) in [6.07, 6.45) is 6.80. The maximum absolute atomic E-state index is 13.5. The molecule has 6 heteroatoms. The predicted octanol–water partition coefficient (Wildman–Crippen LogP) is 1.36. The lowest BCUT2D eigenvalue weighted by atomic mass is 9.81. The average molecular weight is 279 g/mol. The van der Waals surface area contributed by atoms with Crippen LogP contribution in [-0.2, 0) is 4.74 Å². The maximum Gasteiger partial charge on any atom is 0.351 e. The number of terminal acetylenes is 1. The van der Waals surface area contributed by atoms with E-state index in [0.29, 0.717) is 6.42 Å². The minimum atomic E-state index is -0.956. The van der Waals surface area contributed by atoms with Crippen LogP contribution in [0.2, 0.25) is 0 Å². The molecule has 0 aromatic carbocycles. The van der Waals surface area contributed by atoms with Crippen LogP contribution in [0.4, 0.5) is 10.2 Å². The van der Waals surface area contributed by atoms with Gasteiger partial charge < -0.3 is 10.5 Å². The minimum absolute atomic E-state index is 0.127. The molecule has 5 nitrogen and oxygen atoms in total. The molecule has 0 radical (unpaired) electrons. The Morgan fingerprint density at radius 3 is 2.90 bits per heavy atom. The number of anilines is 1. The van der Waals surface area contributed by atoms with Gasteiger partial charge in [-0.3, -0.25) is 4.57 Å². The highest BCUT2D eigenvalue weighted by molar-refractivity contribution is 5.24. The Morgan fingerprint density at radius 1 is 1.70 bits per heavy atom. The number of hydrogen-bond donors (Lipinski definition) is 1. The second-order valence-corrected chi connectivity index (χ2v) is 5.08. The zero-order valence-corrected chi connectivity index (χ0v) is 11.5. The van der Waals surface area contributed by atoms with E-state index in [0.717, 1.165) is 0 Å². The van der Waals surface area contributed by atoms with Crippen LogP contribution in [0, 0.1) is 24.2 Å². The number of nitrogens with two attached hydrogens (primary N) is 1. The van der Waals surface area contributed by atoms with Gasteiger partial charge >= 0.3 is 5.69 Å². The van der Waals surface area contributed by atoms with Crippen LogP contribution in [0.15, 0.2) is 17.1 Å². The molecule has 1 saturated heterocycles. The monoisotopic (exact) mass is 279 g/mol. The molecule has 0 unspecified atom stereocenters. The van der Waals surface area contributed by atoms with Crippen molar-refractivity contribution in [3.05, 3.63) is 22.7 Å². The zero-order valence-electron chi connectivity index (χ0n) is 11.5. The van der Waals surface area contributed by atoms with E-state index in [1.165, 1.54) is 16.8 Å². The predicted molar refractivity (Wildman–Crippen MR) is 73.5 cm³/mol. The third-order valence-electron chi connectivity index (χ3n) is 4.17. The van der Waals surface area contributed by atoms with Gasteiger partial charge in [0.1, 0.15) is 18.1 Å². The Balaban J connectivity index is 2.47. The fourth-order valence-electron chi connectivity index (χ4n) is 2.72. The van der Waals surface area contributed by atoms with Crippen molar-refractivity contribution in [3.63, 3.8) is 0 Å². The Morgan fingerprint density at radius 2 is 2.40 bits per heavy atom. The highest BCUT2D eigenvalue weighted by Crippen LogP contribution is 2.47. The first-order valence-corrected chi connectivity index (χ1v) is 6.53. The van der Waals surface area contributed by atoms with Gasteiger partial charge in [-0.25, -0.2) is 9.18 Å². The van der Waals surface area contributed by atoms with Crippen molar-refractivity contribution < 1.29 is 9.13 Å². The Labute approximate surface area is 117 Å². The van der Waals surface area contributed by atoms with Crippen LogP contribution in [0.1, 0.15) is 26.5 Å². The van der Waals surface area contributed by atoms with Crippen LogP contribution in [0.25, 0.3) is 0 Å². The molecule has 108 valence electrons. The number of ether oxygens (including phenoxy) is 1. The van der Waals surface area contributed by atoms with E-state index < -0.39 is 30.1 Å². The third-order valence-corrected chi connectivity index (χ3v) is 4.17. The number of hydrogen-bond acceptors (Lipinski definition) is 4. The molecule has 4 atom stereocenters. The number of rotatable bonds is 3. The summed E-state index contributed by atoms with van der Waals surface area (Å²) in [5.41, 5.74) is 3.96. The standard InChI is InChI=1S/C14H18FN3O2/c1-4-10-9(3)14(5-2,8-15)20-12(10)18-7-6-11(16)17-13(18)19/h1,6-7,9-10,12H,5,8H2,2-3H3,(H2,16,17,19)/t9-,10-,12+,14-/m0/s1. The van der Waals surface area contributed by atoms with Gasteiger partial charge in [-0.05, 0) is 12.5 Å². The molecule has 1 fully saturated rings. The summed E-state index contributed by atoms with van der Waals surface area (Å²) in [6, 6.07) is 1.49. The summed E-state index contributed by atoms with van der Waals surface area (Å²) < 4.78 is 20.6. The summed E-state index contributed by atoms with van der Waals surface area (Å²) in [5.74, 6) is 2.15. The summed E-state index contributed by atoms with van der Waals surface area (Å²) in [6.45, 7) is 3.05. The van der Waals surface area contributed by atoms with Gasteiger partial charge in [-0.15, -0.1) is 6.42 Å². The number of halogens is 1. The number of nitrogens with zero attached hydrogens (tertiary/aromatic N) is 2. The topological polar surface area (TPSA) is 70.1 Å². The number of aromatic nitrogens is 2. The first-order valence-electron chi connectivity index (χ1n) is 6.53. The Kier molecular flexibility index (Phi) is 3.82. The maximum atomic E-state index is 13.5. The van der Waals surface area contributed by atoms with Crippen molar-refractivity contribution in [2.45, 2.75) is 32.1 Å². The van der Waals surface area contributed by atoms with Gasteiger partial charge in [-0.2, -0.15) is 4.98 Å². The van der Waals surface area contributed by atoms with Crippen LogP contribution in [0.5, 0.6) is 0 Å².